The highest BCUT2D eigenvalue weighted by atomic mass is 19.2. The van der Waals surface area contributed by atoms with Crippen molar-refractivity contribution in [1.29, 1.82) is 0 Å². The van der Waals surface area contributed by atoms with Gasteiger partial charge >= 0.3 is 5.97 Å². The molecule has 0 bridgehead atoms. The Hall–Kier alpha value is -3.52. The SMILES string of the molecule is C=C(C)C(=O)OCCCCCCOc1ccc(-c2ccc(OCCCCCCOC)c(F)c2F)cc1.C=C(C)C=O. The molecule has 0 N–H and O–H groups in total. The van der Waals surface area contributed by atoms with Crippen LogP contribution in [0.4, 0.5) is 8.78 Å². The molecule has 0 fully saturated rings. The molecule has 0 unspecified atom stereocenters. The van der Waals surface area contributed by atoms with Gasteiger partial charge in [-0.3, -0.25) is 4.79 Å². The largest absolute Gasteiger partial charge is 0.494 e. The van der Waals surface area contributed by atoms with Crippen LogP contribution in [0.25, 0.3) is 11.1 Å². The molecule has 0 heterocycles. The van der Waals surface area contributed by atoms with E-state index in [9.17, 15) is 18.4 Å². The Bertz CT molecular complexity index is 1080. The van der Waals surface area contributed by atoms with Crippen LogP contribution in [0.1, 0.15) is 65.2 Å². The maximum atomic E-state index is 14.7. The van der Waals surface area contributed by atoms with E-state index >= 15 is 0 Å². The van der Waals surface area contributed by atoms with Gasteiger partial charge in [-0.05, 0) is 94.2 Å². The lowest BCUT2D eigenvalue weighted by molar-refractivity contribution is -0.139. The lowest BCUT2D eigenvalue weighted by Gasteiger charge is -2.11. The van der Waals surface area contributed by atoms with Gasteiger partial charge in [0.1, 0.15) is 12.0 Å². The zero-order valence-corrected chi connectivity index (χ0v) is 24.6. The summed E-state index contributed by atoms with van der Waals surface area (Å²) >= 11 is 0. The van der Waals surface area contributed by atoms with Gasteiger partial charge in [0, 0.05) is 24.9 Å². The lowest BCUT2D eigenvalue weighted by atomic mass is 10.0. The molecular formula is C33H44F2O6. The summed E-state index contributed by atoms with van der Waals surface area (Å²) in [5.41, 5.74) is 1.72. The molecule has 6 nitrogen and oxygen atoms in total. The Labute approximate surface area is 243 Å². The molecule has 0 aliphatic carbocycles. The molecule has 2 aromatic carbocycles. The van der Waals surface area contributed by atoms with Crippen molar-refractivity contribution >= 4 is 12.3 Å². The fourth-order valence-electron chi connectivity index (χ4n) is 3.52. The maximum absolute atomic E-state index is 14.7. The number of unbranched alkanes of at least 4 members (excludes halogenated alkanes) is 6. The number of hydrogen-bond acceptors (Lipinski definition) is 6. The zero-order chi connectivity index (χ0) is 30.5. The fraction of sp³-hybridized carbons (Fsp3) is 0.455. The van der Waals surface area contributed by atoms with E-state index in [4.69, 9.17) is 18.9 Å². The van der Waals surface area contributed by atoms with E-state index in [1.807, 2.05) is 0 Å². The van der Waals surface area contributed by atoms with Gasteiger partial charge in [-0.1, -0.05) is 31.7 Å². The predicted molar refractivity (Wildman–Crippen MR) is 158 cm³/mol. The maximum Gasteiger partial charge on any atom is 0.333 e. The van der Waals surface area contributed by atoms with E-state index in [1.54, 1.807) is 45.2 Å². The number of allylic oxidation sites excluding steroid dienone is 1. The molecule has 0 spiro atoms. The van der Waals surface area contributed by atoms with Crippen LogP contribution in [0.15, 0.2) is 60.7 Å². The summed E-state index contributed by atoms with van der Waals surface area (Å²) in [6, 6.07) is 9.93. The summed E-state index contributed by atoms with van der Waals surface area (Å²) in [5.74, 6) is -1.65. The van der Waals surface area contributed by atoms with Crippen LogP contribution in [-0.4, -0.2) is 45.8 Å². The molecule has 0 atom stereocenters. The van der Waals surface area contributed by atoms with Crippen LogP contribution < -0.4 is 9.47 Å². The topological polar surface area (TPSA) is 71.1 Å². The molecular weight excluding hydrogens is 530 g/mol. The smallest absolute Gasteiger partial charge is 0.333 e. The molecule has 0 saturated carbocycles. The van der Waals surface area contributed by atoms with Crippen molar-refractivity contribution in [3.63, 3.8) is 0 Å². The molecule has 0 aliphatic heterocycles. The normalized spacial score (nSPS) is 10.3. The first kappa shape index (κ1) is 35.5. The summed E-state index contributed by atoms with van der Waals surface area (Å²) in [5, 5.41) is 0. The Morgan fingerprint density at radius 3 is 1.83 bits per heavy atom. The number of aldehydes is 1. The highest BCUT2D eigenvalue weighted by molar-refractivity contribution is 5.86. The van der Waals surface area contributed by atoms with Gasteiger partial charge in [0.15, 0.2) is 11.6 Å². The molecule has 0 aliphatic rings. The van der Waals surface area contributed by atoms with Crippen LogP contribution in [0.2, 0.25) is 0 Å². The second kappa shape index (κ2) is 21.3. The van der Waals surface area contributed by atoms with Crippen molar-refractivity contribution in [2.45, 2.75) is 65.2 Å². The average Bonchev–Trinajstić information content (AvgIpc) is 2.96. The van der Waals surface area contributed by atoms with Crippen molar-refractivity contribution in [2.24, 2.45) is 0 Å². The highest BCUT2D eigenvalue weighted by Gasteiger charge is 2.16. The molecule has 0 saturated heterocycles. The monoisotopic (exact) mass is 574 g/mol. The van der Waals surface area contributed by atoms with Gasteiger partial charge in [0.2, 0.25) is 5.82 Å². The third kappa shape index (κ3) is 15.2. The van der Waals surface area contributed by atoms with Gasteiger partial charge in [0.25, 0.3) is 0 Å². The van der Waals surface area contributed by atoms with E-state index < -0.39 is 11.6 Å². The van der Waals surface area contributed by atoms with Crippen LogP contribution in [-0.2, 0) is 19.1 Å². The van der Waals surface area contributed by atoms with E-state index in [2.05, 4.69) is 13.2 Å². The molecule has 226 valence electrons. The number of ether oxygens (including phenoxy) is 4. The van der Waals surface area contributed by atoms with Crippen LogP contribution in [0.5, 0.6) is 11.5 Å². The number of methoxy groups -OCH3 is 1. The molecule has 2 aromatic rings. The molecule has 41 heavy (non-hydrogen) atoms. The molecule has 0 aromatic heterocycles. The van der Waals surface area contributed by atoms with Crippen LogP contribution in [0.3, 0.4) is 0 Å². The minimum atomic E-state index is -0.971. The third-order valence-electron chi connectivity index (χ3n) is 5.80. The van der Waals surface area contributed by atoms with Gasteiger partial charge in [-0.2, -0.15) is 4.39 Å². The molecule has 2 rings (SSSR count). The summed E-state index contributed by atoms with van der Waals surface area (Å²) in [4.78, 5) is 20.7. The summed E-state index contributed by atoms with van der Waals surface area (Å²) < 4.78 is 50.5. The molecule has 0 amide bonds. The van der Waals surface area contributed by atoms with E-state index in [1.165, 1.54) is 12.1 Å². The minimum Gasteiger partial charge on any atom is -0.494 e. The van der Waals surface area contributed by atoms with Crippen molar-refractivity contribution in [2.75, 3.05) is 33.5 Å². The summed E-state index contributed by atoms with van der Waals surface area (Å²) in [6.45, 7) is 12.2. The van der Waals surface area contributed by atoms with Crippen molar-refractivity contribution in [3.8, 4) is 22.6 Å². The summed E-state index contributed by atoms with van der Waals surface area (Å²) in [7, 11) is 1.67. The third-order valence-corrected chi connectivity index (χ3v) is 5.80. The minimum absolute atomic E-state index is 0.0675. The van der Waals surface area contributed by atoms with Crippen LogP contribution in [0, 0.1) is 11.6 Å². The number of carbonyl (C=O) groups is 2. The Morgan fingerprint density at radius 2 is 1.29 bits per heavy atom. The lowest BCUT2D eigenvalue weighted by Crippen LogP contribution is -2.06. The number of hydrogen-bond donors (Lipinski definition) is 0. The number of esters is 1. The molecule has 0 radical (unpaired) electrons. The zero-order valence-electron chi connectivity index (χ0n) is 24.6. The van der Waals surface area contributed by atoms with Gasteiger partial charge in [-0.15, -0.1) is 0 Å². The highest BCUT2D eigenvalue weighted by Crippen LogP contribution is 2.31. The van der Waals surface area contributed by atoms with Crippen molar-refractivity contribution < 1.29 is 37.3 Å². The second-order valence-corrected chi connectivity index (χ2v) is 9.66. The summed E-state index contributed by atoms with van der Waals surface area (Å²) in [6.07, 6.45) is 8.00. The first-order valence-corrected chi connectivity index (χ1v) is 14.0. The fourth-order valence-corrected chi connectivity index (χ4v) is 3.52. The van der Waals surface area contributed by atoms with E-state index in [0.29, 0.717) is 42.3 Å². The number of carbonyl (C=O) groups excluding carboxylic acids is 2. The predicted octanol–water partition coefficient (Wildman–Crippen LogP) is 8.04. The second-order valence-electron chi connectivity index (χ2n) is 9.66. The average molecular weight is 575 g/mol. The Morgan fingerprint density at radius 1 is 0.756 bits per heavy atom. The Kier molecular flexibility index (Phi) is 18.4. The van der Waals surface area contributed by atoms with Crippen molar-refractivity contribution in [3.05, 3.63) is 72.3 Å². The standard InChI is InChI=1S/C29H38F2O5.C4H6O/c1-22(2)29(32)36-21-11-7-6-9-19-34-24-14-12-23(13-15-24)25-16-17-26(28(31)27(25)30)35-20-10-5-4-8-18-33-3;1-4(2)3-5/h12-17H,1,4-11,18-21H2,2-3H3;3H,1H2,2H3. The van der Waals surface area contributed by atoms with E-state index in [-0.39, 0.29) is 17.3 Å². The molecule has 8 heteroatoms. The quantitative estimate of drug-likeness (QED) is 0.0732. The van der Waals surface area contributed by atoms with Gasteiger partial charge in [0.05, 0.1) is 19.8 Å². The van der Waals surface area contributed by atoms with E-state index in [0.717, 1.165) is 64.3 Å². The van der Waals surface area contributed by atoms with Crippen LogP contribution >= 0.6 is 0 Å². The van der Waals surface area contributed by atoms with Gasteiger partial charge < -0.3 is 18.9 Å². The number of benzene rings is 2. The first-order valence-electron chi connectivity index (χ1n) is 14.0. The van der Waals surface area contributed by atoms with Crippen molar-refractivity contribution in [1.82, 2.24) is 0 Å². The first-order chi connectivity index (χ1) is 19.7. The number of halogens is 2. The van der Waals surface area contributed by atoms with Gasteiger partial charge in [-0.25, -0.2) is 9.18 Å². The Balaban J connectivity index is 0.00000154. The number of rotatable bonds is 19.